The predicted molar refractivity (Wildman–Crippen MR) is 66.9 cm³/mol. The van der Waals surface area contributed by atoms with Crippen LogP contribution in [0.1, 0.15) is 56.0 Å². The lowest BCUT2D eigenvalue weighted by Crippen LogP contribution is -2.34. The molecule has 0 aromatic carbocycles. The topological polar surface area (TPSA) is 46.3 Å². The largest absolute Gasteiger partial charge is 0.359 e. The van der Waals surface area contributed by atoms with Crippen LogP contribution in [0.2, 0.25) is 0 Å². The summed E-state index contributed by atoms with van der Waals surface area (Å²) in [6.07, 6.45) is 6.62. The third-order valence-corrected chi connectivity index (χ3v) is 4.21. The van der Waals surface area contributed by atoms with E-state index in [1.54, 1.807) is 0 Å². The summed E-state index contributed by atoms with van der Waals surface area (Å²) >= 11 is 0. The highest BCUT2D eigenvalue weighted by Gasteiger charge is 2.36. The Morgan fingerprint density at radius 3 is 2.78 bits per heavy atom. The summed E-state index contributed by atoms with van der Waals surface area (Å²) in [6.45, 7) is 2.80. The molecule has 3 rings (SSSR count). The molecule has 0 unspecified atom stereocenters. The molecule has 0 bridgehead atoms. The van der Waals surface area contributed by atoms with Crippen LogP contribution >= 0.6 is 0 Å². The van der Waals surface area contributed by atoms with Crippen LogP contribution in [0.5, 0.6) is 0 Å². The maximum Gasteiger partial charge on any atom is 0.226 e. The van der Waals surface area contributed by atoms with Gasteiger partial charge >= 0.3 is 0 Å². The van der Waals surface area contributed by atoms with Crippen LogP contribution < -0.4 is 0 Å². The van der Waals surface area contributed by atoms with E-state index in [0.717, 1.165) is 43.7 Å². The molecule has 18 heavy (non-hydrogen) atoms. The van der Waals surface area contributed by atoms with Crippen LogP contribution in [0, 0.1) is 12.8 Å². The van der Waals surface area contributed by atoms with E-state index in [0.29, 0.717) is 5.91 Å². The van der Waals surface area contributed by atoms with Crippen molar-refractivity contribution in [1.29, 1.82) is 0 Å². The minimum absolute atomic E-state index is 0.124. The average Bonchev–Trinajstić information content (AvgIpc) is 3.09. The normalized spacial score (nSPS) is 24.9. The second-order valence-electron chi connectivity index (χ2n) is 5.54. The lowest BCUT2D eigenvalue weighted by molar-refractivity contribution is -0.136. The van der Waals surface area contributed by atoms with E-state index in [1.807, 2.05) is 17.9 Å². The first-order valence-electron chi connectivity index (χ1n) is 6.99. The molecule has 0 radical (unpaired) electrons. The van der Waals surface area contributed by atoms with E-state index >= 15 is 0 Å². The molecule has 1 aromatic rings. The molecule has 1 saturated heterocycles. The van der Waals surface area contributed by atoms with Gasteiger partial charge in [0.2, 0.25) is 5.91 Å². The Hall–Kier alpha value is -1.32. The molecule has 98 valence electrons. The number of rotatable bonds is 2. The van der Waals surface area contributed by atoms with Crippen LogP contribution in [-0.2, 0) is 4.79 Å². The number of nitrogens with zero attached hydrogens (tertiary/aromatic N) is 2. The number of hydrogen-bond acceptors (Lipinski definition) is 3. The fourth-order valence-electron chi connectivity index (χ4n) is 3.27. The number of aryl methyl sites for hydroxylation is 1. The summed E-state index contributed by atoms with van der Waals surface area (Å²) < 4.78 is 5.35. The summed E-state index contributed by atoms with van der Waals surface area (Å²) in [6, 6.07) is 2.09. The smallest absolute Gasteiger partial charge is 0.226 e. The van der Waals surface area contributed by atoms with Crippen molar-refractivity contribution in [3.63, 3.8) is 0 Å². The van der Waals surface area contributed by atoms with Gasteiger partial charge in [-0.15, -0.1) is 0 Å². The fraction of sp³-hybridized carbons (Fsp3) is 0.714. The zero-order valence-electron chi connectivity index (χ0n) is 10.9. The minimum Gasteiger partial charge on any atom is -0.359 e. The van der Waals surface area contributed by atoms with Gasteiger partial charge in [-0.1, -0.05) is 18.0 Å². The lowest BCUT2D eigenvalue weighted by atomic mass is 10.1. The maximum atomic E-state index is 12.5. The van der Waals surface area contributed by atoms with Crippen molar-refractivity contribution < 1.29 is 9.32 Å². The van der Waals surface area contributed by atoms with E-state index in [2.05, 4.69) is 5.16 Å². The quantitative estimate of drug-likeness (QED) is 0.808. The highest BCUT2D eigenvalue weighted by atomic mass is 16.5. The Morgan fingerprint density at radius 2 is 2.11 bits per heavy atom. The fourth-order valence-corrected chi connectivity index (χ4v) is 3.27. The average molecular weight is 248 g/mol. The predicted octanol–water partition coefficient (Wildman–Crippen LogP) is 2.84. The lowest BCUT2D eigenvalue weighted by Gasteiger charge is -2.25. The molecular formula is C14H20N2O2. The van der Waals surface area contributed by atoms with Gasteiger partial charge in [0, 0.05) is 18.5 Å². The van der Waals surface area contributed by atoms with Gasteiger partial charge in [-0.05, 0) is 32.6 Å². The van der Waals surface area contributed by atoms with Gasteiger partial charge in [-0.2, -0.15) is 0 Å². The maximum absolute atomic E-state index is 12.5. The Morgan fingerprint density at radius 1 is 1.33 bits per heavy atom. The summed E-state index contributed by atoms with van der Waals surface area (Å²) in [5.41, 5.74) is 0.894. The minimum atomic E-state index is 0.124. The molecule has 2 fully saturated rings. The van der Waals surface area contributed by atoms with Gasteiger partial charge in [0.05, 0.1) is 11.7 Å². The van der Waals surface area contributed by atoms with Crippen LogP contribution in [0.25, 0.3) is 0 Å². The molecule has 0 N–H and O–H groups in total. The van der Waals surface area contributed by atoms with Crippen molar-refractivity contribution in [2.75, 3.05) is 6.54 Å². The summed E-state index contributed by atoms with van der Waals surface area (Å²) in [5.74, 6) is 1.45. The van der Waals surface area contributed by atoms with Crippen molar-refractivity contribution in [3.05, 3.63) is 17.5 Å². The molecule has 2 heterocycles. The van der Waals surface area contributed by atoms with Gasteiger partial charge in [0.25, 0.3) is 0 Å². The van der Waals surface area contributed by atoms with Crippen LogP contribution in [-0.4, -0.2) is 22.5 Å². The van der Waals surface area contributed by atoms with Gasteiger partial charge in [0.1, 0.15) is 0 Å². The third kappa shape index (κ3) is 2.04. The highest BCUT2D eigenvalue weighted by molar-refractivity contribution is 5.79. The van der Waals surface area contributed by atoms with Gasteiger partial charge in [-0.3, -0.25) is 4.79 Å². The third-order valence-electron chi connectivity index (χ3n) is 4.21. The Bertz CT molecular complexity index is 435. The van der Waals surface area contributed by atoms with Crippen LogP contribution in [0.4, 0.5) is 0 Å². The molecule has 4 heteroatoms. The van der Waals surface area contributed by atoms with E-state index in [9.17, 15) is 4.79 Å². The molecule has 1 atom stereocenters. The van der Waals surface area contributed by atoms with Crippen molar-refractivity contribution >= 4 is 5.91 Å². The van der Waals surface area contributed by atoms with Crippen molar-refractivity contribution in [2.24, 2.45) is 5.92 Å². The number of carbonyl (C=O) groups excluding carboxylic acids is 1. The number of amides is 1. The molecule has 1 amide bonds. The number of hydrogen-bond donors (Lipinski definition) is 0. The highest BCUT2D eigenvalue weighted by Crippen LogP contribution is 2.36. The molecular weight excluding hydrogens is 228 g/mol. The first-order valence-corrected chi connectivity index (χ1v) is 6.99. The molecule has 1 aliphatic carbocycles. The number of aromatic nitrogens is 1. The van der Waals surface area contributed by atoms with Crippen molar-refractivity contribution in [1.82, 2.24) is 10.1 Å². The molecule has 2 aliphatic rings. The first kappa shape index (κ1) is 11.8. The monoisotopic (exact) mass is 248 g/mol. The Labute approximate surface area is 107 Å². The second kappa shape index (κ2) is 4.75. The molecule has 4 nitrogen and oxygen atoms in total. The van der Waals surface area contributed by atoms with Crippen molar-refractivity contribution in [3.8, 4) is 0 Å². The molecule has 1 saturated carbocycles. The number of likely N-dealkylation sites (tertiary alicyclic amines) is 1. The number of carbonyl (C=O) groups is 1. The van der Waals surface area contributed by atoms with Crippen LogP contribution in [0.3, 0.4) is 0 Å². The SMILES string of the molecule is Cc1cc([C@H]2CCCN2C(=O)C2CCCC2)on1. The molecule has 1 aromatic heterocycles. The van der Waals surface area contributed by atoms with E-state index in [-0.39, 0.29) is 12.0 Å². The van der Waals surface area contributed by atoms with E-state index in [4.69, 9.17) is 4.52 Å². The van der Waals surface area contributed by atoms with Gasteiger partial charge in [-0.25, -0.2) is 0 Å². The van der Waals surface area contributed by atoms with Crippen molar-refractivity contribution in [2.45, 2.75) is 51.5 Å². The zero-order valence-corrected chi connectivity index (χ0v) is 10.9. The van der Waals surface area contributed by atoms with E-state index < -0.39 is 0 Å². The zero-order chi connectivity index (χ0) is 12.5. The van der Waals surface area contributed by atoms with Gasteiger partial charge in [0.15, 0.2) is 5.76 Å². The van der Waals surface area contributed by atoms with Crippen LogP contribution in [0.15, 0.2) is 10.6 Å². The van der Waals surface area contributed by atoms with Gasteiger partial charge < -0.3 is 9.42 Å². The molecule has 1 aliphatic heterocycles. The second-order valence-corrected chi connectivity index (χ2v) is 5.54. The summed E-state index contributed by atoms with van der Waals surface area (Å²) in [4.78, 5) is 14.5. The summed E-state index contributed by atoms with van der Waals surface area (Å²) in [5, 5.41) is 3.94. The van der Waals surface area contributed by atoms with E-state index in [1.165, 1.54) is 12.8 Å². The standard InChI is InChI=1S/C14H20N2O2/c1-10-9-13(18-15-10)12-7-4-8-16(12)14(17)11-5-2-3-6-11/h9,11-12H,2-8H2,1H3/t12-/m1/s1. The Kier molecular flexibility index (Phi) is 3.10. The summed E-state index contributed by atoms with van der Waals surface area (Å²) in [7, 11) is 0. The molecule has 0 spiro atoms. The Balaban J connectivity index is 1.76. The first-order chi connectivity index (χ1) is 8.75.